The summed E-state index contributed by atoms with van der Waals surface area (Å²) in [5, 5.41) is 3.44. The number of rotatable bonds is 5. The maximum absolute atomic E-state index is 12.8. The Morgan fingerprint density at radius 3 is 2.81 bits per heavy atom. The van der Waals surface area contributed by atoms with Gasteiger partial charge in [0.1, 0.15) is 6.61 Å². The van der Waals surface area contributed by atoms with Crippen LogP contribution in [0.25, 0.3) is 10.2 Å². The molecule has 7 heteroatoms. The highest BCUT2D eigenvalue weighted by Gasteiger charge is 2.36. The predicted octanol–water partition coefficient (Wildman–Crippen LogP) is 3.54. The van der Waals surface area contributed by atoms with E-state index in [1.165, 1.54) is 11.3 Å². The molecule has 2 heterocycles. The van der Waals surface area contributed by atoms with Gasteiger partial charge in [-0.15, -0.1) is 0 Å². The zero-order chi connectivity index (χ0) is 18.6. The van der Waals surface area contributed by atoms with Crippen LogP contribution in [0.3, 0.4) is 0 Å². The molecule has 2 aliphatic rings. The number of ether oxygens (including phenoxy) is 2. The normalized spacial score (nSPS) is 24.8. The topological polar surface area (TPSA) is 77.5 Å². The number of benzene rings is 1. The van der Waals surface area contributed by atoms with Crippen molar-refractivity contribution in [3.05, 3.63) is 36.4 Å². The quantitative estimate of drug-likeness (QED) is 0.628. The summed E-state index contributed by atoms with van der Waals surface area (Å²) in [5.74, 6) is -1.42. The van der Waals surface area contributed by atoms with Crippen molar-refractivity contribution in [3.63, 3.8) is 0 Å². The number of hydrogen-bond acceptors (Lipinski definition) is 6. The van der Waals surface area contributed by atoms with E-state index in [4.69, 9.17) is 9.47 Å². The maximum Gasteiger partial charge on any atom is 0.310 e. The molecule has 4 rings (SSSR count). The summed E-state index contributed by atoms with van der Waals surface area (Å²) in [6.45, 7) is 0.993. The van der Waals surface area contributed by atoms with Crippen molar-refractivity contribution >= 4 is 38.6 Å². The monoisotopic (exact) mass is 386 g/mol. The zero-order valence-electron chi connectivity index (χ0n) is 14.9. The molecule has 0 bridgehead atoms. The van der Waals surface area contributed by atoms with Crippen LogP contribution >= 0.6 is 11.3 Å². The van der Waals surface area contributed by atoms with Crippen molar-refractivity contribution < 1.29 is 19.1 Å². The molecule has 0 unspecified atom stereocenters. The van der Waals surface area contributed by atoms with E-state index < -0.39 is 11.8 Å². The SMILES string of the molecule is O=C(OC[C@H]1CCCO1)[C@H]1CC=CC[C@H]1C(=O)Nc1nc2ccccc2s1. The minimum absolute atomic E-state index is 0.0110. The molecule has 0 saturated carbocycles. The molecule has 1 aliphatic carbocycles. The van der Waals surface area contributed by atoms with Gasteiger partial charge in [-0.05, 0) is 37.8 Å². The van der Waals surface area contributed by atoms with Gasteiger partial charge in [0.05, 0.1) is 28.2 Å². The van der Waals surface area contributed by atoms with Crippen LogP contribution in [0.4, 0.5) is 5.13 Å². The number of amides is 1. The highest BCUT2D eigenvalue weighted by molar-refractivity contribution is 7.22. The lowest BCUT2D eigenvalue weighted by Crippen LogP contribution is -2.36. The van der Waals surface area contributed by atoms with E-state index in [1.807, 2.05) is 36.4 Å². The van der Waals surface area contributed by atoms with E-state index in [1.54, 1.807) is 0 Å². The number of anilines is 1. The van der Waals surface area contributed by atoms with Gasteiger partial charge in [-0.3, -0.25) is 9.59 Å². The number of nitrogens with one attached hydrogen (secondary N) is 1. The lowest BCUT2D eigenvalue weighted by atomic mass is 9.82. The Morgan fingerprint density at radius 1 is 1.22 bits per heavy atom. The van der Waals surface area contributed by atoms with Crippen LogP contribution in [0.15, 0.2) is 36.4 Å². The van der Waals surface area contributed by atoms with Gasteiger partial charge in [0.2, 0.25) is 5.91 Å². The fraction of sp³-hybridized carbons (Fsp3) is 0.450. The molecule has 1 fully saturated rings. The third-order valence-electron chi connectivity index (χ3n) is 5.03. The number of para-hydroxylation sites is 1. The average Bonchev–Trinajstić information content (AvgIpc) is 3.35. The van der Waals surface area contributed by atoms with Crippen LogP contribution in [0.1, 0.15) is 25.7 Å². The first-order valence-electron chi connectivity index (χ1n) is 9.30. The Bertz CT molecular complexity index is 824. The molecule has 2 aromatic rings. The van der Waals surface area contributed by atoms with E-state index in [9.17, 15) is 9.59 Å². The Morgan fingerprint density at radius 2 is 2.04 bits per heavy atom. The molecule has 1 N–H and O–H groups in total. The van der Waals surface area contributed by atoms with E-state index in [2.05, 4.69) is 10.3 Å². The summed E-state index contributed by atoms with van der Waals surface area (Å²) in [6, 6.07) is 7.74. The number of aromatic nitrogens is 1. The molecule has 27 heavy (non-hydrogen) atoms. The molecule has 0 radical (unpaired) electrons. The fourth-order valence-electron chi connectivity index (χ4n) is 3.55. The van der Waals surface area contributed by atoms with E-state index >= 15 is 0 Å². The Labute approximate surface area is 161 Å². The van der Waals surface area contributed by atoms with Crippen LogP contribution in [-0.4, -0.2) is 36.2 Å². The Balaban J connectivity index is 1.40. The number of hydrogen-bond donors (Lipinski definition) is 1. The lowest BCUT2D eigenvalue weighted by Gasteiger charge is -2.26. The Hall–Kier alpha value is -2.25. The molecule has 1 aromatic heterocycles. The van der Waals surface area contributed by atoms with Crippen LogP contribution in [0.2, 0.25) is 0 Å². The zero-order valence-corrected chi connectivity index (χ0v) is 15.7. The summed E-state index contributed by atoms with van der Waals surface area (Å²) in [7, 11) is 0. The van der Waals surface area contributed by atoms with Crippen LogP contribution < -0.4 is 5.32 Å². The molecule has 1 amide bonds. The van der Waals surface area contributed by atoms with Crippen molar-refractivity contribution in [1.29, 1.82) is 0 Å². The van der Waals surface area contributed by atoms with Crippen LogP contribution in [-0.2, 0) is 19.1 Å². The first-order chi connectivity index (χ1) is 13.2. The molecular weight excluding hydrogens is 364 g/mol. The minimum Gasteiger partial charge on any atom is -0.463 e. The van der Waals surface area contributed by atoms with Gasteiger partial charge in [0.25, 0.3) is 0 Å². The second-order valence-corrected chi connectivity index (χ2v) is 7.93. The molecule has 6 nitrogen and oxygen atoms in total. The summed E-state index contributed by atoms with van der Waals surface area (Å²) >= 11 is 1.43. The van der Waals surface area contributed by atoms with Gasteiger partial charge in [-0.25, -0.2) is 4.98 Å². The number of carbonyl (C=O) groups excluding carboxylic acids is 2. The summed E-state index contributed by atoms with van der Waals surface area (Å²) in [4.78, 5) is 29.8. The number of nitrogens with zero attached hydrogens (tertiary/aromatic N) is 1. The molecule has 142 valence electrons. The summed E-state index contributed by atoms with van der Waals surface area (Å²) in [6.07, 6.45) is 6.84. The predicted molar refractivity (Wildman–Crippen MR) is 104 cm³/mol. The second-order valence-electron chi connectivity index (χ2n) is 6.90. The number of thiazole rings is 1. The van der Waals surface area contributed by atoms with Gasteiger partial charge in [-0.2, -0.15) is 0 Å². The summed E-state index contributed by atoms with van der Waals surface area (Å²) in [5.41, 5.74) is 0.855. The molecular formula is C20H22N2O4S. The maximum atomic E-state index is 12.8. The smallest absolute Gasteiger partial charge is 0.310 e. The average molecular weight is 386 g/mol. The fourth-order valence-corrected chi connectivity index (χ4v) is 4.41. The van der Waals surface area contributed by atoms with Gasteiger partial charge in [-0.1, -0.05) is 35.6 Å². The molecule has 3 atom stereocenters. The first kappa shape index (κ1) is 18.1. The highest BCUT2D eigenvalue weighted by Crippen LogP contribution is 2.30. The van der Waals surface area contributed by atoms with E-state index in [-0.39, 0.29) is 24.6 Å². The lowest BCUT2D eigenvalue weighted by molar-refractivity contribution is -0.155. The largest absolute Gasteiger partial charge is 0.463 e. The third-order valence-corrected chi connectivity index (χ3v) is 5.98. The van der Waals surface area contributed by atoms with Crippen molar-refractivity contribution in [1.82, 2.24) is 4.98 Å². The van der Waals surface area contributed by atoms with Gasteiger partial charge < -0.3 is 14.8 Å². The molecule has 1 aliphatic heterocycles. The highest BCUT2D eigenvalue weighted by atomic mass is 32.1. The Kier molecular flexibility index (Phi) is 5.50. The van der Waals surface area contributed by atoms with Crippen molar-refractivity contribution in [2.24, 2.45) is 11.8 Å². The first-order valence-corrected chi connectivity index (χ1v) is 10.1. The van der Waals surface area contributed by atoms with Gasteiger partial charge in [0.15, 0.2) is 5.13 Å². The minimum atomic E-state index is -0.467. The van der Waals surface area contributed by atoms with Crippen molar-refractivity contribution in [2.45, 2.75) is 31.8 Å². The van der Waals surface area contributed by atoms with E-state index in [0.717, 1.165) is 29.7 Å². The van der Waals surface area contributed by atoms with Crippen molar-refractivity contribution in [2.75, 3.05) is 18.5 Å². The molecule has 0 spiro atoms. The van der Waals surface area contributed by atoms with Crippen LogP contribution in [0.5, 0.6) is 0 Å². The molecule has 1 saturated heterocycles. The van der Waals surface area contributed by atoms with Crippen LogP contribution in [0, 0.1) is 11.8 Å². The third kappa shape index (κ3) is 4.20. The molecule has 1 aromatic carbocycles. The van der Waals surface area contributed by atoms with E-state index in [0.29, 0.717) is 18.0 Å². The standard InChI is InChI=1S/C20H22N2O4S/c23-18(22-20-21-16-9-3-4-10-17(16)27-20)14-7-1-2-8-15(14)19(24)26-12-13-6-5-11-25-13/h1-4,9-10,13-15H,5-8,11-12H2,(H,21,22,23)/t13-,14-,15+/m1/s1. The number of esters is 1. The van der Waals surface area contributed by atoms with Gasteiger partial charge >= 0.3 is 5.97 Å². The number of fused-ring (bicyclic) bond motifs is 1. The van der Waals surface area contributed by atoms with Gasteiger partial charge in [0, 0.05) is 6.61 Å². The number of carbonyl (C=O) groups is 2. The summed E-state index contributed by atoms with van der Waals surface area (Å²) < 4.78 is 12.0. The van der Waals surface area contributed by atoms with Crippen molar-refractivity contribution in [3.8, 4) is 0 Å². The second kappa shape index (κ2) is 8.19. The number of allylic oxidation sites excluding steroid dienone is 2.